The maximum atomic E-state index is 11.1. The lowest BCUT2D eigenvalue weighted by Crippen LogP contribution is -2.65. The summed E-state index contributed by atoms with van der Waals surface area (Å²) in [5, 5.41) is 73.4. The van der Waals surface area contributed by atoms with Gasteiger partial charge < -0.3 is 59.4 Å². The van der Waals surface area contributed by atoms with Crippen molar-refractivity contribution in [1.82, 2.24) is 0 Å². The highest BCUT2D eigenvalue weighted by atomic mass is 16.7. The van der Waals surface area contributed by atoms with E-state index in [-0.39, 0.29) is 12.0 Å². The zero-order valence-electron chi connectivity index (χ0n) is 21.4. The lowest BCUT2D eigenvalue weighted by atomic mass is 9.83. The predicted octanol–water partition coefficient (Wildman–Crippen LogP) is -1.61. The molecule has 0 amide bonds. The molecule has 3 heterocycles. The standard InChI is InChI=1S/C24H44O12/c1-5-10-11(6-2)32-14(9-25)17(28)21(10)35-24-20(31)22(16(27)13(8-4)34-24)36-23-19(30)18(29)15(26)12(7-3)33-23/h10-31H,5-9H2,1-4H3/t10?,11?,12-,13-,14-,15?,16?,17-,18?,19?,20?,21+,22?,23-,24-/m1/s1. The van der Waals surface area contributed by atoms with Gasteiger partial charge in [-0.2, -0.15) is 0 Å². The first kappa shape index (κ1) is 30.1. The zero-order valence-corrected chi connectivity index (χ0v) is 21.4. The van der Waals surface area contributed by atoms with Gasteiger partial charge in [0.25, 0.3) is 0 Å². The smallest absolute Gasteiger partial charge is 0.187 e. The van der Waals surface area contributed by atoms with Gasteiger partial charge in [-0.15, -0.1) is 0 Å². The van der Waals surface area contributed by atoms with Crippen LogP contribution in [-0.4, -0.2) is 128 Å². The van der Waals surface area contributed by atoms with Crippen LogP contribution in [0, 0.1) is 5.92 Å². The molecular formula is C24H44O12. The van der Waals surface area contributed by atoms with Gasteiger partial charge in [-0.05, 0) is 25.7 Å². The Morgan fingerprint density at radius 1 is 0.500 bits per heavy atom. The molecule has 0 bridgehead atoms. The van der Waals surface area contributed by atoms with Gasteiger partial charge in [0, 0.05) is 5.92 Å². The van der Waals surface area contributed by atoms with Crippen molar-refractivity contribution in [2.24, 2.45) is 5.92 Å². The van der Waals surface area contributed by atoms with Crippen molar-refractivity contribution in [2.45, 2.75) is 139 Å². The lowest BCUT2D eigenvalue weighted by Gasteiger charge is -2.49. The van der Waals surface area contributed by atoms with Crippen LogP contribution in [0.15, 0.2) is 0 Å². The molecule has 3 aliphatic heterocycles. The SMILES string of the molecule is CCC1O[C@H](CO)[C@@H](O)[C@@H](O[C@H]2O[C@H](CC)C(O)C(O[C@H]3O[C@H](CC)C(O)C(O)C3O)C2O)C1CC. The van der Waals surface area contributed by atoms with Crippen molar-refractivity contribution in [3.63, 3.8) is 0 Å². The number of aliphatic hydroxyl groups excluding tert-OH is 7. The molecule has 8 unspecified atom stereocenters. The molecule has 0 aromatic heterocycles. The first-order valence-corrected chi connectivity index (χ1v) is 13.1. The third-order valence-electron chi connectivity index (χ3n) is 7.72. The number of hydrogen-bond acceptors (Lipinski definition) is 12. The fraction of sp³-hybridized carbons (Fsp3) is 1.00. The monoisotopic (exact) mass is 524 g/mol. The molecule has 3 fully saturated rings. The highest BCUT2D eigenvalue weighted by Crippen LogP contribution is 2.36. The van der Waals surface area contributed by atoms with Crippen LogP contribution in [0.25, 0.3) is 0 Å². The van der Waals surface area contributed by atoms with Crippen molar-refractivity contribution >= 4 is 0 Å². The zero-order chi connectivity index (χ0) is 26.7. The van der Waals surface area contributed by atoms with E-state index < -0.39 is 86.3 Å². The molecule has 15 atom stereocenters. The topological polar surface area (TPSA) is 188 Å². The number of ether oxygens (including phenoxy) is 5. The lowest BCUT2D eigenvalue weighted by molar-refractivity contribution is -0.369. The van der Waals surface area contributed by atoms with E-state index in [4.69, 9.17) is 23.7 Å². The average Bonchev–Trinajstić information content (AvgIpc) is 2.88. The summed E-state index contributed by atoms with van der Waals surface area (Å²) in [4.78, 5) is 0. The van der Waals surface area contributed by atoms with Crippen molar-refractivity contribution in [3.8, 4) is 0 Å². The maximum Gasteiger partial charge on any atom is 0.187 e. The van der Waals surface area contributed by atoms with Crippen molar-refractivity contribution in [1.29, 1.82) is 0 Å². The van der Waals surface area contributed by atoms with Crippen molar-refractivity contribution < 1.29 is 59.4 Å². The summed E-state index contributed by atoms with van der Waals surface area (Å²) in [6, 6.07) is 0. The van der Waals surface area contributed by atoms with Gasteiger partial charge >= 0.3 is 0 Å². The Hall–Kier alpha value is -0.480. The first-order valence-electron chi connectivity index (χ1n) is 13.1. The summed E-state index contributed by atoms with van der Waals surface area (Å²) in [5.41, 5.74) is 0. The predicted molar refractivity (Wildman–Crippen MR) is 124 cm³/mol. The molecular weight excluding hydrogens is 480 g/mol. The van der Waals surface area contributed by atoms with Gasteiger partial charge in [-0.25, -0.2) is 0 Å². The van der Waals surface area contributed by atoms with Gasteiger partial charge in [-0.3, -0.25) is 0 Å². The minimum Gasteiger partial charge on any atom is -0.394 e. The van der Waals surface area contributed by atoms with Crippen LogP contribution in [0.5, 0.6) is 0 Å². The van der Waals surface area contributed by atoms with Crippen LogP contribution in [0.2, 0.25) is 0 Å². The summed E-state index contributed by atoms with van der Waals surface area (Å²) >= 11 is 0. The second kappa shape index (κ2) is 13.0. The van der Waals surface area contributed by atoms with E-state index in [9.17, 15) is 35.7 Å². The Labute approximate surface area is 211 Å². The quantitative estimate of drug-likeness (QED) is 0.183. The molecule has 0 spiro atoms. The summed E-state index contributed by atoms with van der Waals surface area (Å²) in [5.74, 6) is -0.250. The summed E-state index contributed by atoms with van der Waals surface area (Å²) in [7, 11) is 0. The maximum absolute atomic E-state index is 11.1. The fourth-order valence-electron chi connectivity index (χ4n) is 5.50. The number of aliphatic hydroxyl groups is 7. The number of hydrogen-bond donors (Lipinski definition) is 7. The fourth-order valence-corrected chi connectivity index (χ4v) is 5.50. The molecule has 7 N–H and O–H groups in total. The minimum atomic E-state index is -1.62. The van der Waals surface area contributed by atoms with E-state index in [0.717, 1.165) is 0 Å². The van der Waals surface area contributed by atoms with E-state index in [0.29, 0.717) is 25.7 Å². The van der Waals surface area contributed by atoms with E-state index in [1.807, 2.05) is 13.8 Å². The minimum absolute atomic E-state index is 0.250. The second-order valence-electron chi connectivity index (χ2n) is 9.92. The molecule has 36 heavy (non-hydrogen) atoms. The number of rotatable bonds is 9. The third kappa shape index (κ3) is 5.90. The molecule has 0 saturated carbocycles. The normalized spacial score (nSPS) is 50.2. The van der Waals surface area contributed by atoms with Crippen LogP contribution in [0.3, 0.4) is 0 Å². The van der Waals surface area contributed by atoms with Crippen LogP contribution < -0.4 is 0 Å². The van der Waals surface area contributed by atoms with E-state index in [1.165, 1.54) is 0 Å². The Morgan fingerprint density at radius 3 is 1.53 bits per heavy atom. The molecule has 0 aliphatic carbocycles. The Bertz CT molecular complexity index is 667. The first-order chi connectivity index (χ1) is 17.1. The largest absolute Gasteiger partial charge is 0.394 e. The molecule has 3 aliphatic rings. The van der Waals surface area contributed by atoms with Gasteiger partial charge in [-0.1, -0.05) is 27.7 Å². The van der Waals surface area contributed by atoms with Gasteiger partial charge in [0.05, 0.1) is 31.0 Å². The van der Waals surface area contributed by atoms with Gasteiger partial charge in [0.15, 0.2) is 12.6 Å². The van der Waals surface area contributed by atoms with E-state index >= 15 is 0 Å². The third-order valence-corrected chi connectivity index (χ3v) is 7.72. The summed E-state index contributed by atoms with van der Waals surface area (Å²) < 4.78 is 29.3. The van der Waals surface area contributed by atoms with Crippen LogP contribution >= 0.6 is 0 Å². The molecule has 212 valence electrons. The molecule has 0 aromatic carbocycles. The highest BCUT2D eigenvalue weighted by Gasteiger charge is 2.53. The van der Waals surface area contributed by atoms with E-state index in [2.05, 4.69) is 0 Å². The van der Waals surface area contributed by atoms with E-state index in [1.54, 1.807) is 13.8 Å². The van der Waals surface area contributed by atoms with Crippen molar-refractivity contribution in [3.05, 3.63) is 0 Å². The summed E-state index contributed by atoms with van der Waals surface area (Å²) in [6.07, 6.45) is -14.3. The molecule has 12 heteroatoms. The van der Waals surface area contributed by atoms with Crippen LogP contribution in [-0.2, 0) is 23.7 Å². The molecule has 0 aromatic rings. The molecule has 0 radical (unpaired) electrons. The van der Waals surface area contributed by atoms with Crippen LogP contribution in [0.1, 0.15) is 53.4 Å². The molecule has 3 rings (SSSR count). The average molecular weight is 525 g/mol. The van der Waals surface area contributed by atoms with Crippen molar-refractivity contribution in [2.75, 3.05) is 6.61 Å². The van der Waals surface area contributed by atoms with Crippen LogP contribution in [0.4, 0.5) is 0 Å². The molecule has 3 saturated heterocycles. The highest BCUT2D eigenvalue weighted by molar-refractivity contribution is 4.96. The van der Waals surface area contributed by atoms with Gasteiger partial charge in [0.2, 0.25) is 0 Å². The second-order valence-corrected chi connectivity index (χ2v) is 9.92. The summed E-state index contributed by atoms with van der Waals surface area (Å²) in [6.45, 7) is 6.95. The Balaban J connectivity index is 1.81. The Kier molecular flexibility index (Phi) is 10.9. The molecule has 12 nitrogen and oxygen atoms in total. The van der Waals surface area contributed by atoms with Gasteiger partial charge in [0.1, 0.15) is 48.8 Å². The Morgan fingerprint density at radius 2 is 1.00 bits per heavy atom.